The van der Waals surface area contributed by atoms with Crippen LogP contribution in [0.25, 0.3) is 0 Å². The van der Waals surface area contributed by atoms with E-state index in [1.807, 2.05) is 6.07 Å². The van der Waals surface area contributed by atoms with Crippen molar-refractivity contribution in [1.82, 2.24) is 0 Å². The van der Waals surface area contributed by atoms with E-state index >= 15 is 0 Å². The van der Waals surface area contributed by atoms with Gasteiger partial charge in [-0.05, 0) is 29.5 Å². The zero-order valence-corrected chi connectivity index (χ0v) is 12.0. The minimum atomic E-state index is 0.174. The van der Waals surface area contributed by atoms with Gasteiger partial charge in [0.2, 0.25) is 0 Å². The third-order valence-electron chi connectivity index (χ3n) is 2.79. The van der Waals surface area contributed by atoms with Crippen LogP contribution in [0.2, 0.25) is 0 Å². The van der Waals surface area contributed by atoms with Crippen molar-refractivity contribution >= 4 is 0 Å². The summed E-state index contributed by atoms with van der Waals surface area (Å²) in [5.74, 6) is 0.930. The second-order valence-electron chi connectivity index (χ2n) is 5.48. The maximum absolute atomic E-state index is 5.69. The molecule has 0 aliphatic rings. The van der Waals surface area contributed by atoms with E-state index in [9.17, 15) is 0 Å². The lowest BCUT2D eigenvalue weighted by atomic mass is 9.86. The second-order valence-corrected chi connectivity index (χ2v) is 5.48. The Hall–Kier alpha value is -1.06. The van der Waals surface area contributed by atoms with Crippen LogP contribution in [-0.2, 0) is 10.2 Å². The van der Waals surface area contributed by atoms with Gasteiger partial charge in [0, 0.05) is 6.54 Å². The number of hydrogen-bond acceptors (Lipinski definition) is 3. The van der Waals surface area contributed by atoms with Gasteiger partial charge in [-0.1, -0.05) is 32.9 Å². The summed E-state index contributed by atoms with van der Waals surface area (Å²) in [7, 11) is 0. The molecule has 1 rings (SSSR count). The van der Waals surface area contributed by atoms with Crippen LogP contribution in [0, 0.1) is 6.92 Å². The Bertz CT molecular complexity index is 369. The summed E-state index contributed by atoms with van der Waals surface area (Å²) in [6.07, 6.45) is 0. The number of ether oxygens (including phenoxy) is 2. The average molecular weight is 251 g/mol. The molecule has 18 heavy (non-hydrogen) atoms. The van der Waals surface area contributed by atoms with E-state index in [4.69, 9.17) is 15.2 Å². The molecule has 3 nitrogen and oxygen atoms in total. The Morgan fingerprint density at radius 1 is 1.11 bits per heavy atom. The molecule has 0 fully saturated rings. The molecule has 3 heteroatoms. The van der Waals surface area contributed by atoms with Crippen molar-refractivity contribution in [1.29, 1.82) is 0 Å². The van der Waals surface area contributed by atoms with Crippen LogP contribution in [0.4, 0.5) is 0 Å². The summed E-state index contributed by atoms with van der Waals surface area (Å²) < 4.78 is 11.0. The summed E-state index contributed by atoms with van der Waals surface area (Å²) in [4.78, 5) is 0. The SMILES string of the molecule is Cc1cc(C(C)(C)C)ccc1OCCOCCN. The molecule has 0 aliphatic heterocycles. The molecule has 0 bridgehead atoms. The van der Waals surface area contributed by atoms with Crippen molar-refractivity contribution in [2.24, 2.45) is 5.73 Å². The molecule has 1 aromatic rings. The highest BCUT2D eigenvalue weighted by Crippen LogP contribution is 2.27. The van der Waals surface area contributed by atoms with E-state index in [0.717, 1.165) is 5.75 Å². The lowest BCUT2D eigenvalue weighted by Crippen LogP contribution is -2.14. The average Bonchev–Trinajstić information content (AvgIpc) is 2.29. The lowest BCUT2D eigenvalue weighted by Gasteiger charge is -2.20. The molecule has 0 aromatic heterocycles. The first-order chi connectivity index (χ1) is 8.45. The van der Waals surface area contributed by atoms with Gasteiger partial charge in [0.15, 0.2) is 0 Å². The number of nitrogens with two attached hydrogens (primary N) is 1. The molecule has 102 valence electrons. The van der Waals surface area contributed by atoms with Gasteiger partial charge in [-0.3, -0.25) is 0 Å². The van der Waals surface area contributed by atoms with Crippen LogP contribution in [0.1, 0.15) is 31.9 Å². The van der Waals surface area contributed by atoms with Crippen LogP contribution < -0.4 is 10.5 Å². The number of aryl methyl sites for hydroxylation is 1. The van der Waals surface area contributed by atoms with Gasteiger partial charge in [-0.15, -0.1) is 0 Å². The van der Waals surface area contributed by atoms with Crippen LogP contribution in [0.3, 0.4) is 0 Å². The Labute approximate surface area is 110 Å². The van der Waals surface area contributed by atoms with Crippen LogP contribution in [0.15, 0.2) is 18.2 Å². The smallest absolute Gasteiger partial charge is 0.122 e. The van der Waals surface area contributed by atoms with Gasteiger partial charge >= 0.3 is 0 Å². The Morgan fingerprint density at radius 2 is 1.83 bits per heavy atom. The summed E-state index contributed by atoms with van der Waals surface area (Å²) >= 11 is 0. The molecule has 0 radical (unpaired) electrons. The van der Waals surface area contributed by atoms with Gasteiger partial charge in [-0.25, -0.2) is 0 Å². The first-order valence-corrected chi connectivity index (χ1v) is 6.47. The second kappa shape index (κ2) is 6.76. The highest BCUT2D eigenvalue weighted by Gasteiger charge is 2.14. The molecule has 0 heterocycles. The van der Waals surface area contributed by atoms with Gasteiger partial charge < -0.3 is 15.2 Å². The first kappa shape index (κ1) is 15.0. The molecular formula is C15H25NO2. The molecule has 0 saturated heterocycles. The van der Waals surface area contributed by atoms with Gasteiger partial charge in [0.05, 0.1) is 13.2 Å². The predicted octanol–water partition coefficient (Wildman–Crippen LogP) is 2.65. The predicted molar refractivity (Wildman–Crippen MR) is 75.2 cm³/mol. The van der Waals surface area contributed by atoms with Gasteiger partial charge in [0.25, 0.3) is 0 Å². The van der Waals surface area contributed by atoms with E-state index in [-0.39, 0.29) is 5.41 Å². The van der Waals surface area contributed by atoms with E-state index < -0.39 is 0 Å². The van der Waals surface area contributed by atoms with Gasteiger partial charge in [0.1, 0.15) is 12.4 Å². The molecular weight excluding hydrogens is 226 g/mol. The van der Waals surface area contributed by atoms with Crippen molar-refractivity contribution in [3.05, 3.63) is 29.3 Å². The minimum Gasteiger partial charge on any atom is -0.491 e. The molecule has 0 atom stereocenters. The molecule has 0 amide bonds. The van der Waals surface area contributed by atoms with Gasteiger partial charge in [-0.2, -0.15) is 0 Å². The molecule has 1 aromatic carbocycles. The maximum Gasteiger partial charge on any atom is 0.122 e. The topological polar surface area (TPSA) is 44.5 Å². The Kier molecular flexibility index (Phi) is 5.63. The fraction of sp³-hybridized carbons (Fsp3) is 0.600. The molecule has 2 N–H and O–H groups in total. The Morgan fingerprint density at radius 3 is 2.39 bits per heavy atom. The Balaban J connectivity index is 2.53. The quantitative estimate of drug-likeness (QED) is 0.790. The maximum atomic E-state index is 5.69. The van der Waals surface area contributed by atoms with Crippen molar-refractivity contribution in [3.63, 3.8) is 0 Å². The fourth-order valence-corrected chi connectivity index (χ4v) is 1.67. The fourth-order valence-electron chi connectivity index (χ4n) is 1.67. The highest BCUT2D eigenvalue weighted by molar-refractivity contribution is 5.38. The third-order valence-corrected chi connectivity index (χ3v) is 2.79. The van der Waals surface area contributed by atoms with E-state index in [2.05, 4.69) is 39.8 Å². The summed E-state index contributed by atoms with van der Waals surface area (Å²) in [6, 6.07) is 6.36. The first-order valence-electron chi connectivity index (χ1n) is 6.47. The van der Waals surface area contributed by atoms with Crippen LogP contribution in [-0.4, -0.2) is 26.4 Å². The van der Waals surface area contributed by atoms with E-state index in [1.165, 1.54) is 11.1 Å². The number of hydrogen-bond donors (Lipinski definition) is 1. The number of benzene rings is 1. The third kappa shape index (κ3) is 4.67. The summed E-state index contributed by atoms with van der Waals surface area (Å²) in [5, 5.41) is 0. The summed E-state index contributed by atoms with van der Waals surface area (Å²) in [6.45, 7) is 11.0. The van der Waals surface area contributed by atoms with Crippen molar-refractivity contribution in [3.8, 4) is 5.75 Å². The summed E-state index contributed by atoms with van der Waals surface area (Å²) in [5.41, 5.74) is 8.01. The van der Waals surface area contributed by atoms with Crippen LogP contribution in [0.5, 0.6) is 5.75 Å². The van der Waals surface area contributed by atoms with E-state index in [0.29, 0.717) is 26.4 Å². The van der Waals surface area contributed by atoms with E-state index in [1.54, 1.807) is 0 Å². The molecule has 0 saturated carbocycles. The standard InChI is InChI=1S/C15H25NO2/c1-12-11-13(15(2,3)4)5-6-14(12)18-10-9-17-8-7-16/h5-6,11H,7-10,16H2,1-4H3. The van der Waals surface area contributed by atoms with Crippen molar-refractivity contribution < 1.29 is 9.47 Å². The normalized spacial score (nSPS) is 11.6. The largest absolute Gasteiger partial charge is 0.491 e. The minimum absolute atomic E-state index is 0.174. The molecule has 0 spiro atoms. The molecule has 0 unspecified atom stereocenters. The van der Waals surface area contributed by atoms with Crippen molar-refractivity contribution in [2.45, 2.75) is 33.1 Å². The zero-order valence-electron chi connectivity index (χ0n) is 12.0. The monoisotopic (exact) mass is 251 g/mol. The van der Waals surface area contributed by atoms with Crippen LogP contribution >= 0.6 is 0 Å². The molecule has 0 aliphatic carbocycles. The highest BCUT2D eigenvalue weighted by atomic mass is 16.5. The zero-order chi connectivity index (χ0) is 13.6. The number of rotatable bonds is 6. The van der Waals surface area contributed by atoms with Crippen molar-refractivity contribution in [2.75, 3.05) is 26.4 Å². The lowest BCUT2D eigenvalue weighted by molar-refractivity contribution is 0.105.